The second-order valence-electron chi connectivity index (χ2n) is 4.28. The van der Waals surface area contributed by atoms with E-state index in [-0.39, 0.29) is 12.4 Å². The second-order valence-corrected chi connectivity index (χ2v) is 4.28. The summed E-state index contributed by atoms with van der Waals surface area (Å²) in [6.45, 7) is 3.91. The van der Waals surface area contributed by atoms with Crippen LogP contribution in [0.4, 0.5) is 10.2 Å². The van der Waals surface area contributed by atoms with Gasteiger partial charge in [-0.2, -0.15) is 0 Å². The number of pyridine rings is 1. The Labute approximate surface area is 106 Å². The summed E-state index contributed by atoms with van der Waals surface area (Å²) >= 11 is 0. The van der Waals surface area contributed by atoms with Crippen LogP contribution < -0.4 is 5.32 Å². The summed E-state index contributed by atoms with van der Waals surface area (Å²) in [4.78, 5) is 6.00. The van der Waals surface area contributed by atoms with Crippen molar-refractivity contribution in [3.63, 3.8) is 0 Å². The molecule has 2 heterocycles. The summed E-state index contributed by atoms with van der Waals surface area (Å²) in [6.07, 6.45) is 0.962. The number of rotatable bonds is 5. The van der Waals surface area contributed by atoms with Crippen molar-refractivity contribution >= 4 is 5.82 Å². The van der Waals surface area contributed by atoms with Crippen molar-refractivity contribution in [1.82, 2.24) is 9.88 Å². The molecule has 2 rings (SSSR count). The summed E-state index contributed by atoms with van der Waals surface area (Å²) in [5.41, 5.74) is 0. The van der Waals surface area contributed by atoms with Gasteiger partial charge in [0.2, 0.25) is 0 Å². The Balaban J connectivity index is 1.74. The summed E-state index contributed by atoms with van der Waals surface area (Å²) in [7, 11) is 0. The van der Waals surface area contributed by atoms with Crippen molar-refractivity contribution in [2.75, 3.05) is 44.7 Å². The normalized spacial score (nSPS) is 18.6. The number of aliphatic hydroxyl groups is 1. The fourth-order valence-electron chi connectivity index (χ4n) is 1.88. The quantitative estimate of drug-likeness (QED) is 0.794. The van der Waals surface area contributed by atoms with Crippen LogP contribution in [0.2, 0.25) is 0 Å². The van der Waals surface area contributed by atoms with Gasteiger partial charge in [0.25, 0.3) is 0 Å². The molecule has 0 radical (unpaired) electrons. The lowest BCUT2D eigenvalue weighted by Gasteiger charge is -2.28. The fraction of sp³-hybridized carbons (Fsp3) is 0.583. The molecular formula is C12H18FN3O2. The Bertz CT molecular complexity index is 372. The van der Waals surface area contributed by atoms with E-state index in [4.69, 9.17) is 4.74 Å². The Morgan fingerprint density at radius 1 is 1.50 bits per heavy atom. The Hall–Kier alpha value is -1.24. The van der Waals surface area contributed by atoms with Crippen molar-refractivity contribution in [1.29, 1.82) is 0 Å². The first-order valence-corrected chi connectivity index (χ1v) is 6.08. The molecule has 6 heteroatoms. The van der Waals surface area contributed by atoms with Crippen LogP contribution in [-0.4, -0.2) is 60.5 Å². The maximum absolute atomic E-state index is 13.3. The van der Waals surface area contributed by atoms with Crippen LogP contribution in [0.15, 0.2) is 18.3 Å². The minimum Gasteiger partial charge on any atom is -0.390 e. The molecule has 1 aromatic heterocycles. The van der Waals surface area contributed by atoms with Crippen LogP contribution in [0.1, 0.15) is 0 Å². The molecule has 1 aliphatic rings. The van der Waals surface area contributed by atoms with Gasteiger partial charge in [0.05, 0.1) is 19.3 Å². The highest BCUT2D eigenvalue weighted by molar-refractivity contribution is 5.35. The minimum atomic E-state index is -0.551. The zero-order valence-corrected chi connectivity index (χ0v) is 10.2. The second kappa shape index (κ2) is 6.63. The van der Waals surface area contributed by atoms with Gasteiger partial charge in [-0.05, 0) is 12.1 Å². The SMILES string of the molecule is OC(CNc1ncccc1F)CN1CCOCC1. The predicted octanol–water partition coefficient (Wildman–Crippen LogP) is 0.326. The molecule has 1 atom stereocenters. The number of aromatic nitrogens is 1. The lowest BCUT2D eigenvalue weighted by Crippen LogP contribution is -2.42. The maximum Gasteiger partial charge on any atom is 0.165 e. The zero-order valence-electron chi connectivity index (χ0n) is 10.2. The number of β-amino-alcohol motifs (C(OH)–C–C–N with tert-alkyl or cyclic N) is 1. The van der Waals surface area contributed by atoms with Crippen molar-refractivity contribution in [3.8, 4) is 0 Å². The van der Waals surface area contributed by atoms with Gasteiger partial charge in [-0.1, -0.05) is 0 Å². The summed E-state index contributed by atoms with van der Waals surface area (Å²) in [5, 5.41) is 12.7. The molecule has 5 nitrogen and oxygen atoms in total. The average Bonchev–Trinajstić information content (AvgIpc) is 2.39. The topological polar surface area (TPSA) is 57.6 Å². The van der Waals surface area contributed by atoms with Crippen LogP contribution in [0, 0.1) is 5.82 Å². The third-order valence-corrected chi connectivity index (χ3v) is 2.84. The van der Waals surface area contributed by atoms with Crippen LogP contribution in [0.3, 0.4) is 0 Å². The summed E-state index contributed by atoms with van der Waals surface area (Å²) < 4.78 is 18.5. The Kier molecular flexibility index (Phi) is 4.86. The van der Waals surface area contributed by atoms with Gasteiger partial charge in [-0.25, -0.2) is 9.37 Å². The largest absolute Gasteiger partial charge is 0.390 e. The van der Waals surface area contributed by atoms with E-state index >= 15 is 0 Å². The number of morpholine rings is 1. The first kappa shape index (κ1) is 13.2. The van der Waals surface area contributed by atoms with Gasteiger partial charge in [0.1, 0.15) is 0 Å². The molecular weight excluding hydrogens is 237 g/mol. The molecule has 18 heavy (non-hydrogen) atoms. The van der Waals surface area contributed by atoms with Gasteiger partial charge in [0.15, 0.2) is 11.6 Å². The number of nitrogens with zero attached hydrogens (tertiary/aromatic N) is 2. The third kappa shape index (κ3) is 3.90. The van der Waals surface area contributed by atoms with Crippen LogP contribution in [0.25, 0.3) is 0 Å². The van der Waals surface area contributed by atoms with Gasteiger partial charge in [-0.15, -0.1) is 0 Å². The predicted molar refractivity (Wildman–Crippen MR) is 66.0 cm³/mol. The number of hydrogen-bond acceptors (Lipinski definition) is 5. The number of ether oxygens (including phenoxy) is 1. The number of nitrogens with one attached hydrogen (secondary N) is 1. The third-order valence-electron chi connectivity index (χ3n) is 2.84. The fourth-order valence-corrected chi connectivity index (χ4v) is 1.88. The lowest BCUT2D eigenvalue weighted by atomic mass is 10.3. The van der Waals surface area contributed by atoms with E-state index < -0.39 is 11.9 Å². The zero-order chi connectivity index (χ0) is 12.8. The van der Waals surface area contributed by atoms with Crippen molar-refractivity contribution in [3.05, 3.63) is 24.1 Å². The van der Waals surface area contributed by atoms with E-state index in [9.17, 15) is 9.50 Å². The molecule has 1 aliphatic heterocycles. The summed E-state index contributed by atoms with van der Waals surface area (Å²) in [5.74, 6) is -0.227. The van der Waals surface area contributed by atoms with E-state index in [2.05, 4.69) is 15.2 Å². The van der Waals surface area contributed by atoms with Crippen LogP contribution in [0.5, 0.6) is 0 Å². The Morgan fingerprint density at radius 2 is 2.28 bits per heavy atom. The van der Waals surface area contributed by atoms with Crippen molar-refractivity contribution in [2.45, 2.75) is 6.10 Å². The minimum absolute atomic E-state index is 0.179. The van der Waals surface area contributed by atoms with Gasteiger partial charge in [0, 0.05) is 32.4 Å². The van der Waals surface area contributed by atoms with E-state index in [1.54, 1.807) is 0 Å². The average molecular weight is 255 g/mol. The van der Waals surface area contributed by atoms with E-state index in [1.165, 1.54) is 18.3 Å². The summed E-state index contributed by atoms with van der Waals surface area (Å²) in [6, 6.07) is 2.87. The highest BCUT2D eigenvalue weighted by Gasteiger charge is 2.15. The highest BCUT2D eigenvalue weighted by Crippen LogP contribution is 2.08. The highest BCUT2D eigenvalue weighted by atomic mass is 19.1. The molecule has 1 aromatic rings. The number of aliphatic hydroxyl groups excluding tert-OH is 1. The lowest BCUT2D eigenvalue weighted by molar-refractivity contribution is 0.0171. The Morgan fingerprint density at radius 3 is 3.00 bits per heavy atom. The standard InChI is InChI=1S/C12H18FN3O2/c13-11-2-1-3-14-12(11)15-8-10(17)9-16-4-6-18-7-5-16/h1-3,10,17H,4-9H2,(H,14,15). The molecule has 0 bridgehead atoms. The molecule has 0 amide bonds. The molecule has 0 saturated carbocycles. The van der Waals surface area contributed by atoms with Gasteiger partial charge in [-0.3, -0.25) is 4.90 Å². The molecule has 1 saturated heterocycles. The first-order chi connectivity index (χ1) is 8.75. The van der Waals surface area contributed by atoms with Gasteiger partial charge >= 0.3 is 0 Å². The number of halogens is 1. The number of anilines is 1. The van der Waals surface area contributed by atoms with Crippen LogP contribution in [-0.2, 0) is 4.74 Å². The van der Waals surface area contributed by atoms with Gasteiger partial charge < -0.3 is 15.2 Å². The van der Waals surface area contributed by atoms with Crippen molar-refractivity contribution < 1.29 is 14.2 Å². The van der Waals surface area contributed by atoms with E-state index in [0.29, 0.717) is 19.8 Å². The van der Waals surface area contributed by atoms with E-state index in [0.717, 1.165) is 13.1 Å². The molecule has 2 N–H and O–H groups in total. The number of hydrogen-bond donors (Lipinski definition) is 2. The molecule has 0 spiro atoms. The molecule has 1 fully saturated rings. The molecule has 0 aromatic carbocycles. The first-order valence-electron chi connectivity index (χ1n) is 6.08. The van der Waals surface area contributed by atoms with Crippen LogP contribution >= 0.6 is 0 Å². The van der Waals surface area contributed by atoms with Crippen molar-refractivity contribution in [2.24, 2.45) is 0 Å². The maximum atomic E-state index is 13.3. The monoisotopic (exact) mass is 255 g/mol. The molecule has 100 valence electrons. The van der Waals surface area contributed by atoms with E-state index in [1.807, 2.05) is 0 Å². The molecule has 1 unspecified atom stereocenters. The molecule has 0 aliphatic carbocycles. The smallest absolute Gasteiger partial charge is 0.165 e.